The van der Waals surface area contributed by atoms with Crippen molar-refractivity contribution >= 4 is 0 Å². The first kappa shape index (κ1) is 14.5. The van der Waals surface area contributed by atoms with Crippen LogP contribution in [0.5, 0.6) is 0 Å². The van der Waals surface area contributed by atoms with Crippen LogP contribution < -0.4 is 5.32 Å². The van der Waals surface area contributed by atoms with Crippen LogP contribution in [0.1, 0.15) is 52.4 Å². The average Bonchev–Trinajstić information content (AvgIpc) is 2.76. The van der Waals surface area contributed by atoms with E-state index in [9.17, 15) is 0 Å². The molecule has 1 N–H and O–H groups in total. The molecule has 0 spiro atoms. The molecule has 5 nitrogen and oxygen atoms in total. The van der Waals surface area contributed by atoms with Gasteiger partial charge in [0.25, 0.3) is 0 Å². The largest absolute Gasteiger partial charge is 0.313 e. The van der Waals surface area contributed by atoms with Gasteiger partial charge in [0.15, 0.2) is 0 Å². The summed E-state index contributed by atoms with van der Waals surface area (Å²) in [5.74, 6) is 1.08. The minimum Gasteiger partial charge on any atom is -0.313 e. The standard InChI is InChI=1S/C14H27N5/c1-5-13-8-18(12(4)6-7-15-13)9-14-16-10-17-19(14)11(2)3/h10-13,15H,5-9H2,1-4H3. The highest BCUT2D eigenvalue weighted by Crippen LogP contribution is 2.15. The fourth-order valence-electron chi connectivity index (χ4n) is 2.70. The van der Waals surface area contributed by atoms with Gasteiger partial charge < -0.3 is 5.32 Å². The summed E-state index contributed by atoms with van der Waals surface area (Å²) in [5.41, 5.74) is 0. The van der Waals surface area contributed by atoms with Gasteiger partial charge in [-0.15, -0.1) is 0 Å². The quantitative estimate of drug-likeness (QED) is 0.902. The maximum Gasteiger partial charge on any atom is 0.141 e. The van der Waals surface area contributed by atoms with E-state index in [0.29, 0.717) is 18.1 Å². The Kier molecular flexibility index (Phi) is 4.93. The molecule has 5 heteroatoms. The molecule has 0 aliphatic carbocycles. The smallest absolute Gasteiger partial charge is 0.141 e. The fraction of sp³-hybridized carbons (Fsp3) is 0.857. The summed E-state index contributed by atoms with van der Waals surface area (Å²) >= 11 is 0. The highest BCUT2D eigenvalue weighted by atomic mass is 15.4. The third kappa shape index (κ3) is 3.54. The van der Waals surface area contributed by atoms with E-state index in [1.165, 1.54) is 12.8 Å². The average molecular weight is 265 g/mol. The van der Waals surface area contributed by atoms with Gasteiger partial charge in [-0.05, 0) is 40.2 Å². The van der Waals surface area contributed by atoms with Crippen LogP contribution in [0.4, 0.5) is 0 Å². The highest BCUT2D eigenvalue weighted by Gasteiger charge is 2.23. The van der Waals surface area contributed by atoms with Crippen molar-refractivity contribution in [1.82, 2.24) is 25.0 Å². The van der Waals surface area contributed by atoms with Gasteiger partial charge in [-0.2, -0.15) is 5.10 Å². The molecular weight excluding hydrogens is 238 g/mol. The summed E-state index contributed by atoms with van der Waals surface area (Å²) in [5, 5.41) is 7.96. The third-order valence-corrected chi connectivity index (χ3v) is 4.05. The molecule has 2 heterocycles. The van der Waals surface area contributed by atoms with Crippen molar-refractivity contribution in [2.45, 2.75) is 65.2 Å². The Morgan fingerprint density at radius 3 is 2.95 bits per heavy atom. The molecule has 2 atom stereocenters. The van der Waals surface area contributed by atoms with Crippen molar-refractivity contribution < 1.29 is 0 Å². The van der Waals surface area contributed by atoms with E-state index < -0.39 is 0 Å². The predicted octanol–water partition coefficient (Wildman–Crippen LogP) is 1.82. The first-order valence-electron chi connectivity index (χ1n) is 7.47. The van der Waals surface area contributed by atoms with Crippen LogP contribution >= 0.6 is 0 Å². The zero-order chi connectivity index (χ0) is 13.8. The van der Waals surface area contributed by atoms with Gasteiger partial charge in [0.2, 0.25) is 0 Å². The van der Waals surface area contributed by atoms with Crippen LogP contribution in [-0.2, 0) is 6.54 Å². The number of nitrogens with zero attached hydrogens (tertiary/aromatic N) is 4. The van der Waals surface area contributed by atoms with E-state index >= 15 is 0 Å². The molecule has 0 amide bonds. The molecule has 1 fully saturated rings. The van der Waals surface area contributed by atoms with Gasteiger partial charge in [-0.3, -0.25) is 4.90 Å². The van der Waals surface area contributed by atoms with Gasteiger partial charge in [-0.25, -0.2) is 9.67 Å². The van der Waals surface area contributed by atoms with Crippen molar-refractivity contribution in [3.8, 4) is 0 Å². The third-order valence-electron chi connectivity index (χ3n) is 4.05. The summed E-state index contributed by atoms with van der Waals surface area (Å²) < 4.78 is 2.03. The molecule has 1 saturated heterocycles. The molecule has 2 unspecified atom stereocenters. The lowest BCUT2D eigenvalue weighted by Gasteiger charge is -2.28. The van der Waals surface area contributed by atoms with Crippen molar-refractivity contribution in [1.29, 1.82) is 0 Å². The number of hydrogen-bond donors (Lipinski definition) is 1. The second kappa shape index (κ2) is 6.48. The molecule has 0 saturated carbocycles. The van der Waals surface area contributed by atoms with Crippen LogP contribution in [0.15, 0.2) is 6.33 Å². The lowest BCUT2D eigenvalue weighted by atomic mass is 10.2. The van der Waals surface area contributed by atoms with Gasteiger partial charge in [0.05, 0.1) is 6.54 Å². The SMILES string of the molecule is CCC1CN(Cc2ncnn2C(C)C)C(C)CCN1. The van der Waals surface area contributed by atoms with E-state index in [2.05, 4.69) is 48.0 Å². The summed E-state index contributed by atoms with van der Waals surface area (Å²) in [6, 6.07) is 1.57. The Balaban J connectivity index is 2.08. The topological polar surface area (TPSA) is 46.0 Å². The van der Waals surface area contributed by atoms with Gasteiger partial charge in [0, 0.05) is 24.7 Å². The normalized spacial score (nSPS) is 25.7. The lowest BCUT2D eigenvalue weighted by Crippen LogP contribution is -2.40. The van der Waals surface area contributed by atoms with Crippen LogP contribution in [-0.4, -0.2) is 44.8 Å². The maximum atomic E-state index is 4.44. The molecule has 1 aromatic heterocycles. The minimum absolute atomic E-state index is 0.375. The first-order chi connectivity index (χ1) is 9.11. The van der Waals surface area contributed by atoms with Gasteiger partial charge in [-0.1, -0.05) is 6.92 Å². The minimum atomic E-state index is 0.375. The molecule has 1 aliphatic rings. The molecular formula is C14H27N5. The summed E-state index contributed by atoms with van der Waals surface area (Å²) in [7, 11) is 0. The van der Waals surface area contributed by atoms with E-state index in [0.717, 1.165) is 25.5 Å². The fourth-order valence-corrected chi connectivity index (χ4v) is 2.70. The van der Waals surface area contributed by atoms with Crippen molar-refractivity contribution in [2.75, 3.05) is 13.1 Å². The van der Waals surface area contributed by atoms with E-state index in [-0.39, 0.29) is 0 Å². The number of hydrogen-bond acceptors (Lipinski definition) is 4. The summed E-state index contributed by atoms with van der Waals surface area (Å²) in [6.07, 6.45) is 4.06. The van der Waals surface area contributed by atoms with Crippen molar-refractivity contribution in [3.63, 3.8) is 0 Å². The molecule has 1 aliphatic heterocycles. The van der Waals surface area contributed by atoms with E-state index in [4.69, 9.17) is 0 Å². The molecule has 1 aromatic rings. The second-order valence-corrected chi connectivity index (χ2v) is 5.84. The van der Waals surface area contributed by atoms with E-state index in [1.54, 1.807) is 6.33 Å². The zero-order valence-electron chi connectivity index (χ0n) is 12.6. The number of aromatic nitrogens is 3. The molecule has 108 valence electrons. The Labute approximate surface area is 116 Å². The summed E-state index contributed by atoms with van der Waals surface area (Å²) in [4.78, 5) is 6.98. The second-order valence-electron chi connectivity index (χ2n) is 5.84. The molecule has 2 rings (SSSR count). The van der Waals surface area contributed by atoms with Gasteiger partial charge >= 0.3 is 0 Å². The van der Waals surface area contributed by atoms with Crippen molar-refractivity contribution in [2.24, 2.45) is 0 Å². The van der Waals surface area contributed by atoms with Crippen molar-refractivity contribution in [3.05, 3.63) is 12.2 Å². The number of rotatable bonds is 4. The first-order valence-corrected chi connectivity index (χ1v) is 7.47. The molecule has 19 heavy (non-hydrogen) atoms. The predicted molar refractivity (Wildman–Crippen MR) is 77.0 cm³/mol. The van der Waals surface area contributed by atoms with Gasteiger partial charge in [0.1, 0.15) is 12.2 Å². The lowest BCUT2D eigenvalue weighted by molar-refractivity contribution is 0.185. The number of nitrogens with one attached hydrogen (secondary N) is 1. The Hall–Kier alpha value is -0.940. The maximum absolute atomic E-state index is 4.44. The Morgan fingerprint density at radius 1 is 1.47 bits per heavy atom. The monoisotopic (exact) mass is 265 g/mol. The Morgan fingerprint density at radius 2 is 2.26 bits per heavy atom. The Bertz CT molecular complexity index is 387. The van der Waals surface area contributed by atoms with E-state index in [1.807, 2.05) is 4.68 Å². The molecule has 0 aromatic carbocycles. The van der Waals surface area contributed by atoms with Crippen LogP contribution in [0.3, 0.4) is 0 Å². The van der Waals surface area contributed by atoms with Crippen LogP contribution in [0.2, 0.25) is 0 Å². The highest BCUT2D eigenvalue weighted by molar-refractivity contribution is 4.90. The van der Waals surface area contributed by atoms with Crippen LogP contribution in [0, 0.1) is 0 Å². The zero-order valence-corrected chi connectivity index (χ0v) is 12.6. The molecule has 0 radical (unpaired) electrons. The summed E-state index contributed by atoms with van der Waals surface area (Å²) in [6.45, 7) is 12.0. The molecule has 0 bridgehead atoms. The van der Waals surface area contributed by atoms with Crippen LogP contribution in [0.25, 0.3) is 0 Å².